The Labute approximate surface area is 96.0 Å². The smallest absolute Gasteiger partial charge is 0.217 e. The quantitative estimate of drug-likeness (QED) is 0.709. The van der Waals surface area contributed by atoms with E-state index in [1.54, 1.807) is 0 Å². The maximum Gasteiger partial charge on any atom is 0.217 e. The number of nitrogens with one attached hydrogen (secondary N) is 1. The van der Waals surface area contributed by atoms with E-state index in [9.17, 15) is 4.79 Å². The SMILES string of the molecule is NC(=O)CCCN[C@@H]1C[C@H]1c1ccccc1. The molecule has 1 fully saturated rings. The summed E-state index contributed by atoms with van der Waals surface area (Å²) in [5.74, 6) is 0.451. The monoisotopic (exact) mass is 218 g/mol. The van der Waals surface area contributed by atoms with Gasteiger partial charge in [-0.05, 0) is 24.9 Å². The van der Waals surface area contributed by atoms with E-state index in [1.807, 2.05) is 6.07 Å². The Morgan fingerprint density at radius 1 is 1.38 bits per heavy atom. The van der Waals surface area contributed by atoms with Crippen molar-refractivity contribution < 1.29 is 4.79 Å². The van der Waals surface area contributed by atoms with Crippen LogP contribution in [0.1, 0.15) is 30.7 Å². The first-order chi connectivity index (χ1) is 7.77. The van der Waals surface area contributed by atoms with E-state index in [-0.39, 0.29) is 5.91 Å². The molecule has 1 aromatic rings. The van der Waals surface area contributed by atoms with Crippen molar-refractivity contribution in [1.29, 1.82) is 0 Å². The predicted octanol–water partition coefficient (Wildman–Crippen LogP) is 1.40. The third-order valence-corrected chi connectivity index (χ3v) is 3.02. The summed E-state index contributed by atoms with van der Waals surface area (Å²) in [6, 6.07) is 11.2. The summed E-state index contributed by atoms with van der Waals surface area (Å²) < 4.78 is 0. The van der Waals surface area contributed by atoms with Gasteiger partial charge in [0.2, 0.25) is 5.91 Å². The van der Waals surface area contributed by atoms with Gasteiger partial charge in [-0.2, -0.15) is 0 Å². The van der Waals surface area contributed by atoms with Gasteiger partial charge < -0.3 is 11.1 Å². The van der Waals surface area contributed by atoms with Crippen LogP contribution in [-0.4, -0.2) is 18.5 Å². The Morgan fingerprint density at radius 2 is 2.12 bits per heavy atom. The van der Waals surface area contributed by atoms with E-state index in [2.05, 4.69) is 29.6 Å². The van der Waals surface area contributed by atoms with Crippen molar-refractivity contribution in [1.82, 2.24) is 5.32 Å². The third-order valence-electron chi connectivity index (χ3n) is 3.02. The van der Waals surface area contributed by atoms with Crippen molar-refractivity contribution in [2.45, 2.75) is 31.2 Å². The van der Waals surface area contributed by atoms with Gasteiger partial charge in [-0.25, -0.2) is 0 Å². The second-order valence-corrected chi connectivity index (χ2v) is 4.38. The van der Waals surface area contributed by atoms with Gasteiger partial charge in [-0.1, -0.05) is 30.3 Å². The van der Waals surface area contributed by atoms with Gasteiger partial charge in [-0.15, -0.1) is 0 Å². The first-order valence-corrected chi connectivity index (χ1v) is 5.84. The van der Waals surface area contributed by atoms with E-state index in [1.165, 1.54) is 12.0 Å². The molecule has 0 heterocycles. The van der Waals surface area contributed by atoms with Gasteiger partial charge in [0.1, 0.15) is 0 Å². The number of carbonyl (C=O) groups is 1. The maximum atomic E-state index is 10.5. The lowest BCUT2D eigenvalue weighted by molar-refractivity contribution is -0.118. The van der Waals surface area contributed by atoms with Crippen LogP contribution >= 0.6 is 0 Å². The molecule has 1 amide bonds. The van der Waals surface area contributed by atoms with Crippen LogP contribution in [0.2, 0.25) is 0 Å². The zero-order chi connectivity index (χ0) is 11.4. The molecule has 0 aliphatic heterocycles. The standard InChI is InChI=1S/C13H18N2O/c14-13(16)7-4-8-15-12-9-11(12)10-5-2-1-3-6-10/h1-3,5-6,11-12,15H,4,7-9H2,(H2,14,16)/t11-,12+/m0/s1. The van der Waals surface area contributed by atoms with Gasteiger partial charge >= 0.3 is 0 Å². The molecular formula is C13H18N2O. The lowest BCUT2D eigenvalue weighted by Gasteiger charge is -2.03. The van der Waals surface area contributed by atoms with Crippen molar-refractivity contribution in [3.63, 3.8) is 0 Å². The molecule has 0 radical (unpaired) electrons. The Hall–Kier alpha value is -1.35. The molecule has 0 bridgehead atoms. The van der Waals surface area contributed by atoms with Gasteiger partial charge in [0.25, 0.3) is 0 Å². The van der Waals surface area contributed by atoms with E-state index < -0.39 is 0 Å². The van der Waals surface area contributed by atoms with Crippen LogP contribution in [0.25, 0.3) is 0 Å². The first-order valence-electron chi connectivity index (χ1n) is 5.84. The van der Waals surface area contributed by atoms with Crippen LogP contribution in [0.15, 0.2) is 30.3 Å². The van der Waals surface area contributed by atoms with E-state index >= 15 is 0 Å². The van der Waals surface area contributed by atoms with Gasteiger partial charge in [0, 0.05) is 18.4 Å². The summed E-state index contributed by atoms with van der Waals surface area (Å²) >= 11 is 0. The van der Waals surface area contributed by atoms with Gasteiger partial charge in [0.15, 0.2) is 0 Å². The second kappa shape index (κ2) is 5.12. The summed E-state index contributed by atoms with van der Waals surface area (Å²) in [6.45, 7) is 0.886. The van der Waals surface area contributed by atoms with Gasteiger partial charge in [0.05, 0.1) is 0 Å². The highest BCUT2D eigenvalue weighted by Crippen LogP contribution is 2.40. The number of benzene rings is 1. The van der Waals surface area contributed by atoms with Crippen molar-refractivity contribution in [2.75, 3.05) is 6.54 Å². The molecule has 1 aliphatic carbocycles. The highest BCUT2D eigenvalue weighted by molar-refractivity contribution is 5.73. The Kier molecular flexibility index (Phi) is 3.57. The van der Waals surface area contributed by atoms with E-state index in [0.29, 0.717) is 18.4 Å². The molecule has 1 aromatic carbocycles. The number of amides is 1. The van der Waals surface area contributed by atoms with Crippen LogP contribution in [0.5, 0.6) is 0 Å². The predicted molar refractivity (Wildman–Crippen MR) is 64.0 cm³/mol. The molecule has 3 nitrogen and oxygen atoms in total. The minimum Gasteiger partial charge on any atom is -0.370 e. The fourth-order valence-electron chi connectivity index (χ4n) is 2.04. The second-order valence-electron chi connectivity index (χ2n) is 4.38. The normalized spacial score (nSPS) is 23.0. The van der Waals surface area contributed by atoms with E-state index in [4.69, 9.17) is 5.73 Å². The molecule has 0 spiro atoms. The molecule has 0 aromatic heterocycles. The number of carbonyl (C=O) groups excluding carboxylic acids is 1. The molecule has 16 heavy (non-hydrogen) atoms. The third kappa shape index (κ3) is 3.07. The van der Waals surface area contributed by atoms with Gasteiger partial charge in [-0.3, -0.25) is 4.79 Å². The number of hydrogen-bond donors (Lipinski definition) is 2. The average molecular weight is 218 g/mol. The zero-order valence-electron chi connectivity index (χ0n) is 9.36. The van der Waals surface area contributed by atoms with Crippen LogP contribution in [-0.2, 0) is 4.79 Å². The molecule has 1 aliphatic rings. The average Bonchev–Trinajstić information content (AvgIpc) is 3.05. The maximum absolute atomic E-state index is 10.5. The minimum absolute atomic E-state index is 0.211. The van der Waals surface area contributed by atoms with Crippen LogP contribution in [0.3, 0.4) is 0 Å². The number of rotatable bonds is 6. The zero-order valence-corrected chi connectivity index (χ0v) is 9.36. The minimum atomic E-state index is -0.211. The summed E-state index contributed by atoms with van der Waals surface area (Å²) in [5.41, 5.74) is 6.49. The topological polar surface area (TPSA) is 55.1 Å². The summed E-state index contributed by atoms with van der Waals surface area (Å²) in [5, 5.41) is 3.45. The summed E-state index contributed by atoms with van der Waals surface area (Å²) in [6.07, 6.45) is 2.53. The number of hydrogen-bond acceptors (Lipinski definition) is 2. The van der Waals surface area contributed by atoms with Crippen molar-refractivity contribution in [3.8, 4) is 0 Å². The van der Waals surface area contributed by atoms with Crippen molar-refractivity contribution >= 4 is 5.91 Å². The lowest BCUT2D eigenvalue weighted by Crippen LogP contribution is -2.21. The molecule has 3 N–H and O–H groups in total. The Balaban J connectivity index is 1.66. The Bertz CT molecular complexity index is 350. The van der Waals surface area contributed by atoms with E-state index in [0.717, 1.165) is 13.0 Å². The molecule has 86 valence electrons. The summed E-state index contributed by atoms with van der Waals surface area (Å²) in [7, 11) is 0. The largest absolute Gasteiger partial charge is 0.370 e. The van der Waals surface area contributed by atoms with Crippen molar-refractivity contribution in [3.05, 3.63) is 35.9 Å². The van der Waals surface area contributed by atoms with Crippen LogP contribution in [0.4, 0.5) is 0 Å². The van der Waals surface area contributed by atoms with Crippen molar-refractivity contribution in [2.24, 2.45) is 5.73 Å². The first kappa shape index (κ1) is 11.1. The number of primary amides is 1. The molecule has 2 atom stereocenters. The fraction of sp³-hybridized carbons (Fsp3) is 0.462. The molecule has 1 saturated carbocycles. The Morgan fingerprint density at radius 3 is 2.81 bits per heavy atom. The van der Waals surface area contributed by atoms with Crippen LogP contribution < -0.4 is 11.1 Å². The number of nitrogens with two attached hydrogens (primary N) is 1. The summed E-state index contributed by atoms with van der Waals surface area (Å²) in [4.78, 5) is 10.5. The molecular weight excluding hydrogens is 200 g/mol. The van der Waals surface area contributed by atoms with Crippen LogP contribution in [0, 0.1) is 0 Å². The molecule has 2 rings (SSSR count). The molecule has 0 unspecified atom stereocenters. The highest BCUT2D eigenvalue weighted by Gasteiger charge is 2.37. The fourth-order valence-corrected chi connectivity index (χ4v) is 2.04. The molecule has 3 heteroatoms. The molecule has 0 saturated heterocycles. The highest BCUT2D eigenvalue weighted by atomic mass is 16.1. The lowest BCUT2D eigenvalue weighted by atomic mass is 10.1.